The summed E-state index contributed by atoms with van der Waals surface area (Å²) in [5, 5.41) is 9.07. The van der Waals surface area contributed by atoms with Crippen LogP contribution in [0.5, 0.6) is 0 Å². The van der Waals surface area contributed by atoms with Crippen molar-refractivity contribution in [2.45, 2.75) is 38.5 Å². The third-order valence-electron chi connectivity index (χ3n) is 2.67. The fourth-order valence-electron chi connectivity index (χ4n) is 1.66. The number of alkyl halides is 3. The smallest absolute Gasteiger partial charge is 0.380 e. The Labute approximate surface area is 80.1 Å². The Hall–Kier alpha value is -0.580. The lowest BCUT2D eigenvalue weighted by Gasteiger charge is -2.44. The van der Waals surface area contributed by atoms with Gasteiger partial charge in [0, 0.05) is 11.8 Å². The van der Waals surface area contributed by atoms with Crippen LogP contribution < -0.4 is 0 Å². The highest BCUT2D eigenvalue weighted by Gasteiger charge is 2.62. The Balaban J connectivity index is 2.55. The van der Waals surface area contributed by atoms with Gasteiger partial charge < -0.3 is 5.11 Å². The van der Waals surface area contributed by atoms with Crippen molar-refractivity contribution in [1.29, 1.82) is 0 Å². The second-order valence-corrected chi connectivity index (χ2v) is 4.19. The number of carbonyl (C=O) groups excluding carboxylic acids is 1. The minimum atomic E-state index is -4.61. The van der Waals surface area contributed by atoms with Crippen molar-refractivity contribution in [2.24, 2.45) is 11.8 Å². The average Bonchev–Trinajstić information content (AvgIpc) is 1.94. The van der Waals surface area contributed by atoms with E-state index in [1.54, 1.807) is 13.8 Å². The van der Waals surface area contributed by atoms with Crippen molar-refractivity contribution >= 4 is 5.78 Å². The normalized spacial score (nSPS) is 32.9. The highest BCUT2D eigenvalue weighted by Crippen LogP contribution is 2.49. The molecule has 82 valence electrons. The van der Waals surface area contributed by atoms with Crippen molar-refractivity contribution in [3.8, 4) is 0 Å². The molecular weight excluding hydrogens is 197 g/mol. The lowest BCUT2D eigenvalue weighted by atomic mass is 9.67. The third-order valence-corrected chi connectivity index (χ3v) is 2.67. The van der Waals surface area contributed by atoms with Crippen LogP contribution in [0.25, 0.3) is 0 Å². The maximum atomic E-state index is 12.2. The third kappa shape index (κ3) is 1.78. The number of ketones is 1. The minimum absolute atomic E-state index is 0.195. The van der Waals surface area contributed by atoms with Crippen LogP contribution in [0, 0.1) is 11.8 Å². The zero-order valence-corrected chi connectivity index (χ0v) is 8.06. The molecule has 1 fully saturated rings. The lowest BCUT2D eigenvalue weighted by Crippen LogP contribution is -2.57. The molecule has 0 spiro atoms. The van der Waals surface area contributed by atoms with Gasteiger partial charge in [-0.05, 0) is 12.8 Å². The van der Waals surface area contributed by atoms with E-state index in [9.17, 15) is 18.0 Å². The van der Waals surface area contributed by atoms with Crippen molar-refractivity contribution < 1.29 is 23.1 Å². The average molecular weight is 210 g/mol. The predicted octanol–water partition coefficient (Wildman–Crippen LogP) is 1.91. The maximum absolute atomic E-state index is 12.2. The van der Waals surface area contributed by atoms with Crippen molar-refractivity contribution in [1.82, 2.24) is 0 Å². The molecule has 14 heavy (non-hydrogen) atoms. The summed E-state index contributed by atoms with van der Waals surface area (Å²) in [7, 11) is 0. The molecule has 0 heterocycles. The number of carbonyl (C=O) groups is 1. The first-order chi connectivity index (χ1) is 6.17. The van der Waals surface area contributed by atoms with Crippen LogP contribution in [-0.4, -0.2) is 22.7 Å². The molecule has 5 heteroatoms. The lowest BCUT2D eigenvalue weighted by molar-refractivity contribution is -0.296. The van der Waals surface area contributed by atoms with Gasteiger partial charge in [0.15, 0.2) is 5.60 Å². The Kier molecular flexibility index (Phi) is 2.65. The van der Waals surface area contributed by atoms with E-state index in [0.29, 0.717) is 0 Å². The molecule has 0 radical (unpaired) electrons. The zero-order chi connectivity index (χ0) is 11.1. The molecule has 1 saturated carbocycles. The molecule has 1 N–H and O–H groups in total. The van der Waals surface area contributed by atoms with Gasteiger partial charge >= 0.3 is 6.18 Å². The van der Waals surface area contributed by atoms with Gasteiger partial charge in [0.25, 0.3) is 0 Å². The second-order valence-electron chi connectivity index (χ2n) is 4.19. The summed E-state index contributed by atoms with van der Waals surface area (Å²) in [6, 6.07) is 0. The molecule has 1 rings (SSSR count). The number of aliphatic hydroxyl groups is 1. The van der Waals surface area contributed by atoms with Crippen LogP contribution >= 0.6 is 0 Å². The Morgan fingerprint density at radius 1 is 1.43 bits per heavy atom. The van der Waals surface area contributed by atoms with Crippen LogP contribution in [0.2, 0.25) is 0 Å². The quantitative estimate of drug-likeness (QED) is 0.756. The largest absolute Gasteiger partial charge is 0.417 e. The molecular formula is C9H13F3O2. The van der Waals surface area contributed by atoms with Crippen LogP contribution in [0.1, 0.15) is 26.7 Å². The summed E-state index contributed by atoms with van der Waals surface area (Å²) >= 11 is 0. The number of rotatable bonds is 2. The molecule has 0 unspecified atom stereocenters. The predicted molar refractivity (Wildman–Crippen MR) is 43.6 cm³/mol. The topological polar surface area (TPSA) is 37.3 Å². The number of hydrogen-bond acceptors (Lipinski definition) is 2. The van der Waals surface area contributed by atoms with Gasteiger partial charge in [-0.1, -0.05) is 13.8 Å². The number of halogens is 3. The van der Waals surface area contributed by atoms with Gasteiger partial charge in [0.1, 0.15) is 5.78 Å². The fourth-order valence-corrected chi connectivity index (χ4v) is 1.66. The molecule has 0 atom stereocenters. The van der Waals surface area contributed by atoms with Gasteiger partial charge in [-0.15, -0.1) is 0 Å². The molecule has 0 aromatic carbocycles. The van der Waals surface area contributed by atoms with E-state index in [2.05, 4.69) is 0 Å². The minimum Gasteiger partial charge on any atom is -0.380 e. The SMILES string of the molecule is CC(C)C(=O)[C@H]1C[C@](O)(C(F)(F)F)C1. The van der Waals surface area contributed by atoms with Crippen LogP contribution in [0.4, 0.5) is 13.2 Å². The molecule has 1 aliphatic carbocycles. The molecule has 0 saturated heterocycles. The summed E-state index contributed by atoms with van der Waals surface area (Å²) < 4.78 is 36.5. The maximum Gasteiger partial charge on any atom is 0.417 e. The zero-order valence-electron chi connectivity index (χ0n) is 8.06. The monoisotopic (exact) mass is 210 g/mol. The van der Waals surface area contributed by atoms with E-state index in [1.165, 1.54) is 0 Å². The Morgan fingerprint density at radius 2 is 1.86 bits per heavy atom. The number of hydrogen-bond donors (Lipinski definition) is 1. The van der Waals surface area contributed by atoms with E-state index in [4.69, 9.17) is 5.11 Å². The van der Waals surface area contributed by atoms with Crippen LogP contribution in [0.15, 0.2) is 0 Å². The van der Waals surface area contributed by atoms with Crippen molar-refractivity contribution in [2.75, 3.05) is 0 Å². The Morgan fingerprint density at radius 3 is 2.14 bits per heavy atom. The molecule has 0 amide bonds. The van der Waals surface area contributed by atoms with Gasteiger partial charge in [-0.2, -0.15) is 13.2 Å². The molecule has 1 aliphatic rings. The molecule has 0 aromatic heterocycles. The first kappa shape index (κ1) is 11.5. The van der Waals surface area contributed by atoms with E-state index in [0.717, 1.165) is 0 Å². The summed E-state index contributed by atoms with van der Waals surface area (Å²) in [6.45, 7) is 3.29. The number of Topliss-reactive ketones (excluding diaryl/α,β-unsaturated/α-hetero) is 1. The summed E-state index contributed by atoms with van der Waals surface area (Å²) in [6.07, 6.45) is -5.57. The van der Waals surface area contributed by atoms with Gasteiger partial charge in [-0.3, -0.25) is 4.79 Å². The molecule has 0 bridgehead atoms. The van der Waals surface area contributed by atoms with E-state index < -0.39 is 30.5 Å². The second kappa shape index (κ2) is 3.22. The van der Waals surface area contributed by atoms with Crippen molar-refractivity contribution in [3.63, 3.8) is 0 Å². The Bertz CT molecular complexity index is 239. The summed E-state index contributed by atoms with van der Waals surface area (Å²) in [4.78, 5) is 11.3. The highest BCUT2D eigenvalue weighted by atomic mass is 19.4. The first-order valence-electron chi connectivity index (χ1n) is 4.50. The van der Waals surface area contributed by atoms with E-state index >= 15 is 0 Å². The van der Waals surface area contributed by atoms with E-state index in [1.807, 2.05) is 0 Å². The summed E-state index contributed by atoms with van der Waals surface area (Å²) in [5.41, 5.74) is -2.62. The van der Waals surface area contributed by atoms with Gasteiger partial charge in [0.05, 0.1) is 0 Å². The van der Waals surface area contributed by atoms with Crippen LogP contribution in [-0.2, 0) is 4.79 Å². The van der Waals surface area contributed by atoms with Crippen LogP contribution in [0.3, 0.4) is 0 Å². The first-order valence-corrected chi connectivity index (χ1v) is 4.50. The summed E-state index contributed by atoms with van der Waals surface area (Å²) in [5.74, 6) is -1.08. The molecule has 0 aromatic rings. The fraction of sp³-hybridized carbons (Fsp3) is 0.889. The molecule has 0 aliphatic heterocycles. The van der Waals surface area contributed by atoms with Gasteiger partial charge in [0.2, 0.25) is 0 Å². The van der Waals surface area contributed by atoms with E-state index in [-0.39, 0.29) is 11.7 Å². The standard InChI is InChI=1S/C9H13F3O2/c1-5(2)7(13)6-3-8(14,4-6)9(10,11)12/h5-6,14H,3-4H2,1-2H3/t6-,8+. The van der Waals surface area contributed by atoms with Gasteiger partial charge in [-0.25, -0.2) is 0 Å². The highest BCUT2D eigenvalue weighted by molar-refractivity contribution is 5.84. The molecule has 2 nitrogen and oxygen atoms in total. The van der Waals surface area contributed by atoms with Crippen molar-refractivity contribution in [3.05, 3.63) is 0 Å².